The maximum absolute atomic E-state index is 11.4. The van der Waals surface area contributed by atoms with E-state index >= 15 is 0 Å². The Labute approximate surface area is 170 Å². The average molecular weight is 382 g/mol. The molecule has 0 saturated heterocycles. The van der Waals surface area contributed by atoms with Gasteiger partial charge in [-0.2, -0.15) is 0 Å². The molecular formula is C24H49N2O+. The van der Waals surface area contributed by atoms with Crippen LogP contribution in [0.25, 0.3) is 0 Å². The third-order valence-corrected chi connectivity index (χ3v) is 5.48. The lowest BCUT2D eigenvalue weighted by Crippen LogP contribution is -2.41. The van der Waals surface area contributed by atoms with Crippen molar-refractivity contribution in [1.29, 1.82) is 0 Å². The van der Waals surface area contributed by atoms with Crippen LogP contribution in [0.1, 0.15) is 104 Å². The molecule has 0 spiro atoms. The van der Waals surface area contributed by atoms with Crippen molar-refractivity contribution in [3.63, 3.8) is 0 Å². The Balaban J connectivity index is 3.43. The van der Waals surface area contributed by atoms with Crippen molar-refractivity contribution >= 4 is 5.91 Å². The van der Waals surface area contributed by atoms with Gasteiger partial charge in [0.2, 0.25) is 5.91 Å². The molecule has 27 heavy (non-hydrogen) atoms. The van der Waals surface area contributed by atoms with E-state index in [0.717, 1.165) is 17.4 Å². The zero-order valence-corrected chi connectivity index (χ0v) is 19.1. The first-order chi connectivity index (χ1) is 12.9. The number of nitrogens with one attached hydrogen (secondary N) is 1. The van der Waals surface area contributed by atoms with Crippen LogP contribution < -0.4 is 5.32 Å². The highest BCUT2D eigenvalue weighted by atomic mass is 16.1. The minimum Gasteiger partial charge on any atom is -0.352 e. The molecule has 1 N–H and O–H groups in total. The lowest BCUT2D eigenvalue weighted by atomic mass is 10.1. The first kappa shape index (κ1) is 26.2. The summed E-state index contributed by atoms with van der Waals surface area (Å²) < 4.78 is 1.16. The smallest absolute Gasteiger partial charge is 0.246 e. The molecule has 0 fully saturated rings. The monoisotopic (exact) mass is 381 g/mol. The summed E-state index contributed by atoms with van der Waals surface area (Å²) in [4.78, 5) is 11.4. The van der Waals surface area contributed by atoms with E-state index in [4.69, 9.17) is 0 Å². The quantitative estimate of drug-likeness (QED) is 0.160. The van der Waals surface area contributed by atoms with E-state index in [0.29, 0.717) is 5.57 Å². The second-order valence-electron chi connectivity index (χ2n) is 9.02. The normalized spacial score (nSPS) is 11.6. The van der Waals surface area contributed by atoms with Crippen molar-refractivity contribution in [2.45, 2.75) is 104 Å². The fraction of sp³-hybridized carbons (Fsp3) is 0.875. The molecule has 0 radical (unpaired) electrons. The summed E-state index contributed by atoms with van der Waals surface area (Å²) in [7, 11) is 4.75. The molecule has 1 amide bonds. The summed E-state index contributed by atoms with van der Waals surface area (Å²) in [6.07, 6.45) is 19.0. The van der Waals surface area contributed by atoms with Crippen LogP contribution in [-0.2, 0) is 4.79 Å². The molecular weight excluding hydrogens is 332 g/mol. The second kappa shape index (κ2) is 17.3. The number of unbranched alkanes of at least 4 members (excludes halogenated alkanes) is 12. The molecule has 0 aromatic heterocycles. The molecule has 0 aliphatic carbocycles. The van der Waals surface area contributed by atoms with Crippen LogP contribution in [0.5, 0.6) is 0 Å². The first-order valence-corrected chi connectivity index (χ1v) is 11.6. The van der Waals surface area contributed by atoms with Gasteiger partial charge >= 0.3 is 0 Å². The van der Waals surface area contributed by atoms with E-state index in [-0.39, 0.29) is 5.91 Å². The molecule has 0 aliphatic rings. The Morgan fingerprint density at radius 1 is 0.741 bits per heavy atom. The summed E-state index contributed by atoms with van der Waals surface area (Å²) in [5, 5.41) is 2.91. The average Bonchev–Trinajstić information content (AvgIpc) is 2.62. The van der Waals surface area contributed by atoms with Crippen LogP contribution in [0.3, 0.4) is 0 Å². The van der Waals surface area contributed by atoms with E-state index < -0.39 is 0 Å². The molecule has 0 bridgehead atoms. The third-order valence-electron chi connectivity index (χ3n) is 5.48. The third kappa shape index (κ3) is 18.3. The maximum atomic E-state index is 11.4. The number of nitrogens with zero attached hydrogens (tertiary/aromatic N) is 1. The summed E-state index contributed by atoms with van der Waals surface area (Å²) in [6, 6.07) is 0. The van der Waals surface area contributed by atoms with Crippen LogP contribution in [0.15, 0.2) is 12.2 Å². The van der Waals surface area contributed by atoms with Gasteiger partial charge in [-0.15, -0.1) is 0 Å². The minimum absolute atomic E-state index is 0.00991. The first-order valence-electron chi connectivity index (χ1n) is 11.6. The van der Waals surface area contributed by atoms with Crippen molar-refractivity contribution in [2.24, 2.45) is 0 Å². The van der Waals surface area contributed by atoms with Gasteiger partial charge in [-0.3, -0.25) is 4.79 Å². The fourth-order valence-electron chi connectivity index (χ4n) is 3.51. The van der Waals surface area contributed by atoms with Crippen LogP contribution in [0, 0.1) is 0 Å². The standard InChI is InChI=1S/C24H48N2O/c1-6-7-8-9-10-11-12-13-15-18-21-26(4,5)22-19-16-14-17-20-25-24(27)23(2)3/h2,6-22H2,1,3-5H3/p+1. The van der Waals surface area contributed by atoms with Gasteiger partial charge < -0.3 is 9.80 Å². The Morgan fingerprint density at radius 3 is 1.59 bits per heavy atom. The van der Waals surface area contributed by atoms with E-state index in [2.05, 4.69) is 32.9 Å². The van der Waals surface area contributed by atoms with Gasteiger partial charge in [0.05, 0.1) is 27.2 Å². The van der Waals surface area contributed by atoms with Crippen molar-refractivity contribution < 1.29 is 9.28 Å². The minimum atomic E-state index is -0.00991. The number of amides is 1. The lowest BCUT2D eigenvalue weighted by molar-refractivity contribution is -0.890. The van der Waals surface area contributed by atoms with Gasteiger partial charge in [0, 0.05) is 12.1 Å². The molecule has 0 aliphatic heterocycles. The Hall–Kier alpha value is -0.830. The van der Waals surface area contributed by atoms with Crippen molar-refractivity contribution in [3.8, 4) is 0 Å². The highest BCUT2D eigenvalue weighted by Crippen LogP contribution is 2.12. The van der Waals surface area contributed by atoms with Gasteiger partial charge in [-0.1, -0.05) is 71.3 Å². The largest absolute Gasteiger partial charge is 0.352 e. The molecule has 3 heteroatoms. The molecule has 0 heterocycles. The molecule has 3 nitrogen and oxygen atoms in total. The highest BCUT2D eigenvalue weighted by molar-refractivity contribution is 5.91. The Morgan fingerprint density at radius 2 is 1.15 bits per heavy atom. The molecule has 0 rings (SSSR count). The van der Waals surface area contributed by atoms with Gasteiger partial charge in [-0.05, 0) is 39.0 Å². The zero-order chi connectivity index (χ0) is 20.4. The predicted molar refractivity (Wildman–Crippen MR) is 120 cm³/mol. The van der Waals surface area contributed by atoms with Crippen LogP contribution in [0.2, 0.25) is 0 Å². The molecule has 0 atom stereocenters. The SMILES string of the molecule is C=C(C)C(=O)NCCCCCC[N+](C)(C)CCCCCCCCCCCC. The van der Waals surface area contributed by atoms with Crippen molar-refractivity contribution in [3.05, 3.63) is 12.2 Å². The van der Waals surface area contributed by atoms with Crippen LogP contribution in [0.4, 0.5) is 0 Å². The van der Waals surface area contributed by atoms with Gasteiger partial charge in [0.25, 0.3) is 0 Å². The van der Waals surface area contributed by atoms with Gasteiger partial charge in [-0.25, -0.2) is 0 Å². The molecule has 0 saturated carbocycles. The predicted octanol–water partition coefficient (Wildman–Crippen LogP) is 6.24. The van der Waals surface area contributed by atoms with Crippen LogP contribution in [-0.4, -0.2) is 44.1 Å². The number of carbonyl (C=O) groups is 1. The van der Waals surface area contributed by atoms with E-state index in [1.807, 2.05) is 0 Å². The summed E-state index contributed by atoms with van der Waals surface area (Å²) >= 11 is 0. The molecule has 0 aromatic rings. The van der Waals surface area contributed by atoms with Gasteiger partial charge in [0.1, 0.15) is 0 Å². The number of quaternary nitrogens is 1. The zero-order valence-electron chi connectivity index (χ0n) is 19.1. The van der Waals surface area contributed by atoms with E-state index in [1.165, 1.54) is 96.6 Å². The number of hydrogen-bond acceptors (Lipinski definition) is 1. The maximum Gasteiger partial charge on any atom is 0.246 e. The van der Waals surface area contributed by atoms with Gasteiger partial charge in [0.15, 0.2) is 0 Å². The lowest BCUT2D eigenvalue weighted by Gasteiger charge is -2.30. The number of hydrogen-bond donors (Lipinski definition) is 1. The second-order valence-corrected chi connectivity index (χ2v) is 9.02. The van der Waals surface area contributed by atoms with Crippen molar-refractivity contribution in [1.82, 2.24) is 5.32 Å². The molecule has 160 valence electrons. The summed E-state index contributed by atoms with van der Waals surface area (Å²) in [5.41, 5.74) is 0.598. The Kier molecular flexibility index (Phi) is 16.7. The number of carbonyl (C=O) groups excluding carboxylic acids is 1. The van der Waals surface area contributed by atoms with Crippen molar-refractivity contribution in [2.75, 3.05) is 33.7 Å². The number of rotatable bonds is 19. The molecule has 0 aromatic carbocycles. The highest BCUT2D eigenvalue weighted by Gasteiger charge is 2.13. The van der Waals surface area contributed by atoms with E-state index in [1.54, 1.807) is 6.92 Å². The topological polar surface area (TPSA) is 29.1 Å². The summed E-state index contributed by atoms with van der Waals surface area (Å²) in [5.74, 6) is -0.00991. The fourth-order valence-corrected chi connectivity index (χ4v) is 3.51. The van der Waals surface area contributed by atoms with Crippen LogP contribution >= 0.6 is 0 Å². The van der Waals surface area contributed by atoms with E-state index in [9.17, 15) is 4.79 Å². The summed E-state index contributed by atoms with van der Waals surface area (Å²) in [6.45, 7) is 11.1. The Bertz CT molecular complexity index is 377. The molecule has 0 unspecified atom stereocenters.